The van der Waals surface area contributed by atoms with Crippen molar-refractivity contribution < 1.29 is 4.74 Å². The Morgan fingerprint density at radius 3 is 2.76 bits per heavy atom. The lowest BCUT2D eigenvalue weighted by atomic mass is 10.1. The van der Waals surface area contributed by atoms with Crippen LogP contribution in [0.3, 0.4) is 0 Å². The number of nitrogens with one attached hydrogen (secondary N) is 1. The summed E-state index contributed by atoms with van der Waals surface area (Å²) in [6, 6.07) is 2.02. The van der Waals surface area contributed by atoms with Gasteiger partial charge in [0.25, 0.3) is 0 Å². The Bertz CT molecular complexity index is 330. The number of ether oxygens (including phenoxy) is 1. The van der Waals surface area contributed by atoms with E-state index in [0.717, 1.165) is 12.2 Å². The van der Waals surface area contributed by atoms with Gasteiger partial charge in [-0.2, -0.15) is 0 Å². The second-order valence-corrected chi connectivity index (χ2v) is 4.32. The van der Waals surface area contributed by atoms with Crippen LogP contribution >= 0.6 is 0 Å². The number of hydrogen-bond acceptors (Lipinski definition) is 5. The minimum Gasteiger partial charge on any atom is -0.478 e. The van der Waals surface area contributed by atoms with E-state index >= 15 is 0 Å². The molecule has 0 aliphatic rings. The number of hydrogen-bond donors (Lipinski definition) is 2. The SMILES string of the molecule is CCCOc1cc(NC(CN)C(C)C)ncn1. The molecule has 1 aromatic rings. The average Bonchev–Trinajstić information content (AvgIpc) is 2.33. The van der Waals surface area contributed by atoms with Crippen LogP contribution in [-0.2, 0) is 0 Å². The van der Waals surface area contributed by atoms with Crippen molar-refractivity contribution in [1.82, 2.24) is 9.97 Å². The lowest BCUT2D eigenvalue weighted by Crippen LogP contribution is -2.34. The zero-order valence-corrected chi connectivity index (χ0v) is 10.8. The highest BCUT2D eigenvalue weighted by Crippen LogP contribution is 2.14. The van der Waals surface area contributed by atoms with Gasteiger partial charge < -0.3 is 15.8 Å². The van der Waals surface area contributed by atoms with Gasteiger partial charge >= 0.3 is 0 Å². The van der Waals surface area contributed by atoms with E-state index in [1.54, 1.807) is 6.07 Å². The molecule has 0 saturated heterocycles. The van der Waals surface area contributed by atoms with Crippen LogP contribution in [0.25, 0.3) is 0 Å². The van der Waals surface area contributed by atoms with Gasteiger partial charge in [-0.3, -0.25) is 0 Å². The highest BCUT2D eigenvalue weighted by molar-refractivity contribution is 5.38. The van der Waals surface area contributed by atoms with E-state index in [2.05, 4.69) is 36.1 Å². The molecule has 0 aromatic carbocycles. The van der Waals surface area contributed by atoms with Crippen LogP contribution < -0.4 is 15.8 Å². The van der Waals surface area contributed by atoms with Gasteiger partial charge in [0.15, 0.2) is 0 Å². The summed E-state index contributed by atoms with van der Waals surface area (Å²) in [5.41, 5.74) is 5.70. The minimum atomic E-state index is 0.212. The molecule has 17 heavy (non-hydrogen) atoms. The molecule has 1 atom stereocenters. The van der Waals surface area contributed by atoms with Crippen molar-refractivity contribution >= 4 is 5.82 Å². The lowest BCUT2D eigenvalue weighted by Gasteiger charge is -2.21. The van der Waals surface area contributed by atoms with Crippen molar-refractivity contribution in [3.63, 3.8) is 0 Å². The van der Waals surface area contributed by atoms with E-state index < -0.39 is 0 Å². The molecule has 1 heterocycles. The van der Waals surface area contributed by atoms with Crippen molar-refractivity contribution in [2.24, 2.45) is 11.7 Å². The van der Waals surface area contributed by atoms with E-state index in [4.69, 9.17) is 10.5 Å². The summed E-state index contributed by atoms with van der Waals surface area (Å²) in [7, 11) is 0. The van der Waals surface area contributed by atoms with E-state index in [-0.39, 0.29) is 6.04 Å². The predicted molar refractivity (Wildman–Crippen MR) is 69.1 cm³/mol. The highest BCUT2D eigenvalue weighted by atomic mass is 16.5. The zero-order chi connectivity index (χ0) is 12.7. The molecule has 3 N–H and O–H groups in total. The third-order valence-corrected chi connectivity index (χ3v) is 2.49. The zero-order valence-electron chi connectivity index (χ0n) is 10.8. The molecule has 5 nitrogen and oxygen atoms in total. The molecule has 1 aromatic heterocycles. The summed E-state index contributed by atoms with van der Waals surface area (Å²) in [4.78, 5) is 8.21. The van der Waals surface area contributed by atoms with Gasteiger partial charge in [0.1, 0.15) is 12.1 Å². The Labute approximate surface area is 103 Å². The maximum atomic E-state index is 5.70. The molecule has 96 valence electrons. The van der Waals surface area contributed by atoms with Gasteiger partial charge in [-0.25, -0.2) is 9.97 Å². The van der Waals surface area contributed by atoms with E-state index in [1.807, 2.05) is 0 Å². The smallest absolute Gasteiger partial charge is 0.218 e. The molecule has 0 saturated carbocycles. The van der Waals surface area contributed by atoms with Crippen LogP contribution in [-0.4, -0.2) is 29.2 Å². The minimum absolute atomic E-state index is 0.212. The van der Waals surface area contributed by atoms with Gasteiger partial charge in [-0.1, -0.05) is 20.8 Å². The van der Waals surface area contributed by atoms with Crippen LogP contribution in [0.1, 0.15) is 27.2 Å². The quantitative estimate of drug-likeness (QED) is 0.755. The lowest BCUT2D eigenvalue weighted by molar-refractivity contribution is 0.305. The molecular weight excluding hydrogens is 216 g/mol. The van der Waals surface area contributed by atoms with Crippen LogP contribution in [0.2, 0.25) is 0 Å². The number of aromatic nitrogens is 2. The Hall–Kier alpha value is -1.36. The van der Waals surface area contributed by atoms with Crippen molar-refractivity contribution in [3.8, 4) is 5.88 Å². The molecule has 1 unspecified atom stereocenters. The molecular formula is C12H22N4O. The fourth-order valence-corrected chi connectivity index (χ4v) is 1.39. The Morgan fingerprint density at radius 2 is 2.18 bits per heavy atom. The van der Waals surface area contributed by atoms with Gasteiger partial charge in [0.2, 0.25) is 5.88 Å². The van der Waals surface area contributed by atoms with Crippen LogP contribution in [0.15, 0.2) is 12.4 Å². The fraction of sp³-hybridized carbons (Fsp3) is 0.667. The molecule has 0 aliphatic heterocycles. The third-order valence-electron chi connectivity index (χ3n) is 2.49. The Morgan fingerprint density at radius 1 is 1.41 bits per heavy atom. The summed E-state index contributed by atoms with van der Waals surface area (Å²) in [6.07, 6.45) is 2.46. The summed E-state index contributed by atoms with van der Waals surface area (Å²) in [5.74, 6) is 1.81. The molecule has 0 amide bonds. The first-order valence-electron chi connectivity index (χ1n) is 6.08. The van der Waals surface area contributed by atoms with Crippen molar-refractivity contribution in [3.05, 3.63) is 12.4 Å². The monoisotopic (exact) mass is 238 g/mol. The van der Waals surface area contributed by atoms with Crippen LogP contribution in [0.5, 0.6) is 5.88 Å². The van der Waals surface area contributed by atoms with Crippen molar-refractivity contribution in [2.75, 3.05) is 18.5 Å². The largest absolute Gasteiger partial charge is 0.478 e. The molecule has 0 spiro atoms. The predicted octanol–water partition coefficient (Wildman–Crippen LogP) is 1.66. The molecule has 1 rings (SSSR count). The summed E-state index contributed by atoms with van der Waals surface area (Å²) in [6.45, 7) is 7.55. The van der Waals surface area contributed by atoms with Crippen molar-refractivity contribution in [1.29, 1.82) is 0 Å². The molecule has 5 heteroatoms. The fourth-order valence-electron chi connectivity index (χ4n) is 1.39. The average molecular weight is 238 g/mol. The highest BCUT2D eigenvalue weighted by Gasteiger charge is 2.11. The Balaban J connectivity index is 2.64. The van der Waals surface area contributed by atoms with E-state index in [0.29, 0.717) is 24.9 Å². The first-order chi connectivity index (χ1) is 8.17. The van der Waals surface area contributed by atoms with E-state index in [1.165, 1.54) is 6.33 Å². The normalized spacial score (nSPS) is 12.5. The first kappa shape index (κ1) is 13.7. The van der Waals surface area contributed by atoms with Gasteiger partial charge in [-0.05, 0) is 12.3 Å². The first-order valence-corrected chi connectivity index (χ1v) is 6.08. The molecule has 0 bridgehead atoms. The summed E-state index contributed by atoms with van der Waals surface area (Å²) in [5, 5.41) is 3.29. The number of nitrogens with two attached hydrogens (primary N) is 1. The van der Waals surface area contributed by atoms with E-state index in [9.17, 15) is 0 Å². The van der Waals surface area contributed by atoms with Crippen LogP contribution in [0, 0.1) is 5.92 Å². The molecule has 0 aliphatic carbocycles. The van der Waals surface area contributed by atoms with Crippen molar-refractivity contribution in [2.45, 2.75) is 33.2 Å². The second kappa shape index (κ2) is 7.06. The standard InChI is InChI=1S/C12H22N4O/c1-4-5-17-12-6-11(14-8-15-12)16-10(7-13)9(2)3/h6,8-10H,4-5,7,13H2,1-3H3,(H,14,15,16). The molecule has 0 fully saturated rings. The topological polar surface area (TPSA) is 73.1 Å². The Kier molecular flexibility index (Phi) is 5.69. The second-order valence-electron chi connectivity index (χ2n) is 4.32. The number of rotatable bonds is 7. The van der Waals surface area contributed by atoms with Gasteiger partial charge in [0, 0.05) is 18.7 Å². The van der Waals surface area contributed by atoms with Gasteiger partial charge in [0.05, 0.1) is 6.61 Å². The summed E-state index contributed by atoms with van der Waals surface area (Å²) < 4.78 is 5.45. The number of nitrogens with zero attached hydrogens (tertiary/aromatic N) is 2. The van der Waals surface area contributed by atoms with Crippen LogP contribution in [0.4, 0.5) is 5.82 Å². The maximum absolute atomic E-state index is 5.70. The third kappa shape index (κ3) is 4.56. The number of anilines is 1. The summed E-state index contributed by atoms with van der Waals surface area (Å²) >= 11 is 0. The maximum Gasteiger partial charge on any atom is 0.218 e. The molecule has 0 radical (unpaired) electrons. The van der Waals surface area contributed by atoms with Gasteiger partial charge in [-0.15, -0.1) is 0 Å².